The van der Waals surface area contributed by atoms with Gasteiger partial charge in [0.05, 0.1) is 12.3 Å². The van der Waals surface area contributed by atoms with Gasteiger partial charge in [-0.05, 0) is 38.1 Å². The summed E-state index contributed by atoms with van der Waals surface area (Å²) < 4.78 is 10.7. The molecule has 1 saturated carbocycles. The SMILES string of the molecule is Cc1cc(COCC2CCCC2CN)on1. The molecule has 0 radical (unpaired) electrons. The van der Waals surface area contributed by atoms with E-state index in [-0.39, 0.29) is 0 Å². The lowest BCUT2D eigenvalue weighted by Crippen LogP contribution is -2.22. The molecule has 1 fully saturated rings. The Bertz CT molecular complexity index is 325. The highest BCUT2D eigenvalue weighted by molar-refractivity contribution is 5.01. The molecule has 90 valence electrons. The number of aryl methyl sites for hydroxylation is 1. The predicted octanol–water partition coefficient (Wildman–Crippen LogP) is 1.87. The molecule has 4 nitrogen and oxygen atoms in total. The second kappa shape index (κ2) is 5.46. The summed E-state index contributed by atoms with van der Waals surface area (Å²) in [4.78, 5) is 0. The van der Waals surface area contributed by atoms with Gasteiger partial charge < -0.3 is 15.0 Å². The molecule has 2 atom stereocenters. The first-order valence-electron chi connectivity index (χ1n) is 5.99. The Morgan fingerprint density at radius 3 is 3.00 bits per heavy atom. The maximum Gasteiger partial charge on any atom is 0.162 e. The van der Waals surface area contributed by atoms with Crippen LogP contribution < -0.4 is 5.73 Å². The normalized spacial score (nSPS) is 25.1. The van der Waals surface area contributed by atoms with Gasteiger partial charge in [-0.2, -0.15) is 0 Å². The molecule has 1 aromatic rings. The van der Waals surface area contributed by atoms with Crippen molar-refractivity contribution >= 4 is 0 Å². The zero-order valence-corrected chi connectivity index (χ0v) is 9.82. The van der Waals surface area contributed by atoms with Crippen LogP contribution in [0.1, 0.15) is 30.7 Å². The second-order valence-corrected chi connectivity index (χ2v) is 4.64. The Morgan fingerprint density at radius 1 is 1.50 bits per heavy atom. The number of hydrogen-bond acceptors (Lipinski definition) is 4. The van der Waals surface area contributed by atoms with Gasteiger partial charge in [-0.15, -0.1) is 0 Å². The van der Waals surface area contributed by atoms with Crippen LogP contribution in [0, 0.1) is 18.8 Å². The maximum absolute atomic E-state index is 5.73. The molecule has 0 amide bonds. The molecule has 2 unspecified atom stereocenters. The largest absolute Gasteiger partial charge is 0.373 e. The van der Waals surface area contributed by atoms with Crippen LogP contribution in [0.4, 0.5) is 0 Å². The van der Waals surface area contributed by atoms with Crippen LogP contribution >= 0.6 is 0 Å². The molecule has 1 aromatic heterocycles. The number of nitrogens with zero attached hydrogens (tertiary/aromatic N) is 1. The molecular weight excluding hydrogens is 204 g/mol. The van der Waals surface area contributed by atoms with Crippen LogP contribution in [0.25, 0.3) is 0 Å². The number of ether oxygens (including phenoxy) is 1. The highest BCUT2D eigenvalue weighted by Gasteiger charge is 2.25. The van der Waals surface area contributed by atoms with Crippen molar-refractivity contribution in [3.63, 3.8) is 0 Å². The van der Waals surface area contributed by atoms with Crippen molar-refractivity contribution in [1.29, 1.82) is 0 Å². The lowest BCUT2D eigenvalue weighted by molar-refractivity contribution is 0.0617. The highest BCUT2D eigenvalue weighted by atomic mass is 16.5. The van der Waals surface area contributed by atoms with Crippen molar-refractivity contribution in [2.24, 2.45) is 17.6 Å². The summed E-state index contributed by atoms with van der Waals surface area (Å²) in [5, 5.41) is 3.82. The molecule has 1 aliphatic rings. The van der Waals surface area contributed by atoms with Crippen LogP contribution in [0.15, 0.2) is 10.6 Å². The Morgan fingerprint density at radius 2 is 2.31 bits per heavy atom. The van der Waals surface area contributed by atoms with Crippen LogP contribution in [0.5, 0.6) is 0 Å². The zero-order chi connectivity index (χ0) is 11.4. The summed E-state index contributed by atoms with van der Waals surface area (Å²) in [5.74, 6) is 2.09. The summed E-state index contributed by atoms with van der Waals surface area (Å²) in [6.07, 6.45) is 3.79. The monoisotopic (exact) mass is 224 g/mol. The van der Waals surface area contributed by atoms with Gasteiger partial charge in [0, 0.05) is 6.07 Å². The fourth-order valence-electron chi connectivity index (χ4n) is 2.44. The summed E-state index contributed by atoms with van der Waals surface area (Å²) in [6, 6.07) is 1.91. The predicted molar refractivity (Wildman–Crippen MR) is 60.8 cm³/mol. The molecule has 4 heteroatoms. The second-order valence-electron chi connectivity index (χ2n) is 4.64. The lowest BCUT2D eigenvalue weighted by Gasteiger charge is -2.17. The molecule has 2 N–H and O–H groups in total. The van der Waals surface area contributed by atoms with E-state index in [9.17, 15) is 0 Å². The minimum Gasteiger partial charge on any atom is -0.373 e. The Hall–Kier alpha value is -0.870. The Kier molecular flexibility index (Phi) is 3.96. The minimum absolute atomic E-state index is 0.522. The average Bonchev–Trinajstić information content (AvgIpc) is 2.87. The first-order chi connectivity index (χ1) is 7.79. The quantitative estimate of drug-likeness (QED) is 0.829. The van der Waals surface area contributed by atoms with Gasteiger partial charge in [0.25, 0.3) is 0 Å². The van der Waals surface area contributed by atoms with E-state index in [0.717, 1.165) is 24.6 Å². The van der Waals surface area contributed by atoms with E-state index in [1.165, 1.54) is 19.3 Å². The topological polar surface area (TPSA) is 61.3 Å². The molecule has 1 heterocycles. The van der Waals surface area contributed by atoms with Gasteiger partial charge in [0.15, 0.2) is 5.76 Å². The average molecular weight is 224 g/mol. The molecular formula is C12H20N2O2. The summed E-state index contributed by atoms with van der Waals surface area (Å²) in [6.45, 7) is 4.01. The molecule has 0 aromatic carbocycles. The minimum atomic E-state index is 0.522. The molecule has 0 saturated heterocycles. The van der Waals surface area contributed by atoms with Crippen LogP contribution in [0.2, 0.25) is 0 Å². The highest BCUT2D eigenvalue weighted by Crippen LogP contribution is 2.31. The van der Waals surface area contributed by atoms with Gasteiger partial charge in [-0.25, -0.2) is 0 Å². The van der Waals surface area contributed by atoms with E-state index in [2.05, 4.69) is 5.16 Å². The van der Waals surface area contributed by atoms with Crippen molar-refractivity contribution in [1.82, 2.24) is 5.16 Å². The van der Waals surface area contributed by atoms with Gasteiger partial charge in [0.1, 0.15) is 6.61 Å². The Balaban J connectivity index is 1.71. The molecule has 0 bridgehead atoms. The molecule has 16 heavy (non-hydrogen) atoms. The fourth-order valence-corrected chi connectivity index (χ4v) is 2.44. The third-order valence-corrected chi connectivity index (χ3v) is 3.37. The van der Waals surface area contributed by atoms with E-state index >= 15 is 0 Å². The summed E-state index contributed by atoms with van der Waals surface area (Å²) >= 11 is 0. The van der Waals surface area contributed by atoms with E-state index in [0.29, 0.717) is 18.4 Å². The standard InChI is InChI=1S/C12H20N2O2/c1-9-5-12(16-14-9)8-15-7-11-4-2-3-10(11)6-13/h5,10-11H,2-4,6-8,13H2,1H3. The zero-order valence-electron chi connectivity index (χ0n) is 9.82. The molecule has 0 spiro atoms. The van der Waals surface area contributed by atoms with E-state index in [4.69, 9.17) is 15.0 Å². The maximum atomic E-state index is 5.73. The summed E-state index contributed by atoms with van der Waals surface area (Å²) in [7, 11) is 0. The van der Waals surface area contributed by atoms with E-state index in [1.807, 2.05) is 13.0 Å². The smallest absolute Gasteiger partial charge is 0.162 e. The fraction of sp³-hybridized carbons (Fsp3) is 0.750. The van der Waals surface area contributed by atoms with Gasteiger partial charge in [-0.1, -0.05) is 11.6 Å². The van der Waals surface area contributed by atoms with E-state index in [1.54, 1.807) is 0 Å². The van der Waals surface area contributed by atoms with Crippen molar-refractivity contribution in [3.05, 3.63) is 17.5 Å². The van der Waals surface area contributed by atoms with E-state index < -0.39 is 0 Å². The number of nitrogens with two attached hydrogens (primary N) is 1. The third-order valence-electron chi connectivity index (χ3n) is 3.37. The number of hydrogen-bond donors (Lipinski definition) is 1. The molecule has 1 aliphatic carbocycles. The number of aromatic nitrogens is 1. The van der Waals surface area contributed by atoms with Crippen LogP contribution in [-0.2, 0) is 11.3 Å². The van der Waals surface area contributed by atoms with Crippen molar-refractivity contribution in [2.45, 2.75) is 32.8 Å². The van der Waals surface area contributed by atoms with Crippen molar-refractivity contribution < 1.29 is 9.26 Å². The first kappa shape index (κ1) is 11.6. The Labute approximate surface area is 96.1 Å². The van der Waals surface area contributed by atoms with Crippen LogP contribution in [-0.4, -0.2) is 18.3 Å². The van der Waals surface area contributed by atoms with Gasteiger partial charge >= 0.3 is 0 Å². The van der Waals surface area contributed by atoms with Gasteiger partial charge in [-0.3, -0.25) is 0 Å². The molecule has 0 aliphatic heterocycles. The lowest BCUT2D eigenvalue weighted by atomic mass is 9.97. The first-order valence-corrected chi connectivity index (χ1v) is 5.99. The third kappa shape index (κ3) is 2.83. The summed E-state index contributed by atoms with van der Waals surface area (Å²) in [5.41, 5.74) is 6.63. The van der Waals surface area contributed by atoms with Crippen LogP contribution in [0.3, 0.4) is 0 Å². The molecule has 2 rings (SSSR count). The van der Waals surface area contributed by atoms with Crippen molar-refractivity contribution in [3.8, 4) is 0 Å². The number of rotatable bonds is 5. The van der Waals surface area contributed by atoms with Crippen molar-refractivity contribution in [2.75, 3.05) is 13.2 Å². The van der Waals surface area contributed by atoms with Gasteiger partial charge in [0.2, 0.25) is 0 Å².